The van der Waals surface area contributed by atoms with E-state index in [1.54, 1.807) is 30.5 Å². The fourth-order valence-corrected chi connectivity index (χ4v) is 4.92. The van der Waals surface area contributed by atoms with Crippen LogP contribution in [0, 0.1) is 11.6 Å². The van der Waals surface area contributed by atoms with Crippen molar-refractivity contribution in [1.82, 2.24) is 9.97 Å². The first-order valence-corrected chi connectivity index (χ1v) is 15.0. The SMILES string of the molecule is C=S(C)(=O)c1cccc(Nc2ncc(-c3ccc(NC(=O)Nc4cc(C(F)(F)F)ccc4F)c(F)c3)c(SC)n2)c1. The molecular formula is C27H22F5N5O2S2. The lowest BCUT2D eigenvalue weighted by atomic mass is 10.1. The minimum atomic E-state index is -4.74. The van der Waals surface area contributed by atoms with Crippen molar-refractivity contribution in [2.24, 2.45) is 0 Å². The van der Waals surface area contributed by atoms with E-state index in [9.17, 15) is 31.0 Å². The van der Waals surface area contributed by atoms with Crippen LogP contribution in [-0.4, -0.2) is 38.6 Å². The first-order chi connectivity index (χ1) is 19.2. The highest BCUT2D eigenvalue weighted by Crippen LogP contribution is 2.33. The van der Waals surface area contributed by atoms with Crippen molar-refractivity contribution in [2.45, 2.75) is 16.1 Å². The number of carbonyl (C=O) groups is 1. The lowest BCUT2D eigenvalue weighted by molar-refractivity contribution is -0.137. The van der Waals surface area contributed by atoms with Crippen molar-refractivity contribution in [2.75, 3.05) is 28.5 Å². The number of benzene rings is 3. The molecule has 0 saturated carbocycles. The Kier molecular flexibility index (Phi) is 8.54. The van der Waals surface area contributed by atoms with Gasteiger partial charge in [0.1, 0.15) is 16.7 Å². The normalized spacial score (nSPS) is 12.9. The van der Waals surface area contributed by atoms with Gasteiger partial charge in [-0.2, -0.15) is 13.2 Å². The number of anilines is 4. The molecule has 4 aromatic rings. The molecule has 0 fully saturated rings. The molecule has 0 radical (unpaired) electrons. The zero-order valence-corrected chi connectivity index (χ0v) is 23.1. The van der Waals surface area contributed by atoms with E-state index >= 15 is 0 Å². The summed E-state index contributed by atoms with van der Waals surface area (Å²) in [5.41, 5.74) is -0.682. The molecule has 14 heteroatoms. The number of hydrogen-bond donors (Lipinski definition) is 3. The summed E-state index contributed by atoms with van der Waals surface area (Å²) in [6, 6.07) is 11.1. The first-order valence-electron chi connectivity index (χ1n) is 11.6. The Hall–Kier alpha value is -4.17. The largest absolute Gasteiger partial charge is 0.416 e. The van der Waals surface area contributed by atoms with Crippen LogP contribution in [0.1, 0.15) is 5.56 Å². The lowest BCUT2D eigenvalue weighted by Crippen LogP contribution is -2.21. The van der Waals surface area contributed by atoms with Crippen molar-refractivity contribution in [1.29, 1.82) is 0 Å². The molecule has 0 bridgehead atoms. The van der Waals surface area contributed by atoms with Crippen LogP contribution in [0.2, 0.25) is 0 Å². The molecule has 1 unspecified atom stereocenters. The number of nitrogens with one attached hydrogen (secondary N) is 3. The van der Waals surface area contributed by atoms with Crippen LogP contribution in [-0.2, 0) is 15.7 Å². The number of thioether (sulfide) groups is 1. The quantitative estimate of drug-likeness (QED) is 0.0886. The van der Waals surface area contributed by atoms with E-state index in [2.05, 4.69) is 26.5 Å². The number of urea groups is 1. The monoisotopic (exact) mass is 607 g/mol. The number of aromatic nitrogens is 2. The molecule has 0 aliphatic rings. The molecule has 7 nitrogen and oxygen atoms in total. The molecule has 2 amide bonds. The van der Waals surface area contributed by atoms with Crippen LogP contribution in [0.4, 0.5) is 49.8 Å². The van der Waals surface area contributed by atoms with Gasteiger partial charge in [0.15, 0.2) is 0 Å². The highest BCUT2D eigenvalue weighted by atomic mass is 32.2. The molecule has 0 saturated heterocycles. The average Bonchev–Trinajstić information content (AvgIpc) is 2.90. The second-order valence-corrected chi connectivity index (χ2v) is 12.0. The number of amides is 2. The minimum absolute atomic E-state index is 0.249. The molecule has 1 atom stereocenters. The van der Waals surface area contributed by atoms with E-state index in [0.29, 0.717) is 44.9 Å². The van der Waals surface area contributed by atoms with Gasteiger partial charge in [-0.25, -0.2) is 23.5 Å². The molecule has 0 spiro atoms. The van der Waals surface area contributed by atoms with Crippen LogP contribution in [0.5, 0.6) is 0 Å². The lowest BCUT2D eigenvalue weighted by Gasteiger charge is -2.13. The summed E-state index contributed by atoms with van der Waals surface area (Å²) in [6.45, 7) is 0. The summed E-state index contributed by atoms with van der Waals surface area (Å²) < 4.78 is 79.9. The average molecular weight is 608 g/mol. The Bertz CT molecular complexity index is 1730. The zero-order chi connectivity index (χ0) is 29.9. The van der Waals surface area contributed by atoms with Crippen LogP contribution >= 0.6 is 11.8 Å². The van der Waals surface area contributed by atoms with Gasteiger partial charge in [0, 0.05) is 28.6 Å². The maximum absolute atomic E-state index is 14.9. The third kappa shape index (κ3) is 7.32. The van der Waals surface area contributed by atoms with Gasteiger partial charge in [-0.1, -0.05) is 12.1 Å². The van der Waals surface area contributed by atoms with E-state index in [1.807, 2.05) is 5.32 Å². The summed E-state index contributed by atoms with van der Waals surface area (Å²) in [5.74, 6) is 1.98. The third-order valence-electron chi connectivity index (χ3n) is 5.61. The molecule has 4 rings (SSSR count). The predicted octanol–water partition coefficient (Wildman–Crippen LogP) is 7.26. The van der Waals surface area contributed by atoms with Gasteiger partial charge >= 0.3 is 12.2 Å². The summed E-state index contributed by atoms with van der Waals surface area (Å²) in [5, 5.41) is 7.67. The van der Waals surface area contributed by atoms with E-state index in [-0.39, 0.29) is 11.6 Å². The maximum atomic E-state index is 14.9. The van der Waals surface area contributed by atoms with Crippen molar-refractivity contribution >= 4 is 56.2 Å². The smallest absolute Gasteiger partial charge is 0.324 e. The standard InChI is InChI=1S/C27H22F5N5O2S2/c1-40-24-19(14-33-25(37-24)34-17-5-4-6-18(13-17)41(2,3)39)15-7-10-22(21(29)11-15)35-26(38)36-23-12-16(27(30,31)32)8-9-20(23)28/h4-14H,2H2,1,3H3,(H,33,34,37)(H2,35,36,38). The van der Waals surface area contributed by atoms with Gasteiger partial charge in [0.2, 0.25) is 5.95 Å². The van der Waals surface area contributed by atoms with E-state index < -0.39 is 44.6 Å². The summed E-state index contributed by atoms with van der Waals surface area (Å²) >= 11 is 1.28. The zero-order valence-electron chi connectivity index (χ0n) is 21.5. The summed E-state index contributed by atoms with van der Waals surface area (Å²) in [6.07, 6.45) is 0.0511. The molecule has 3 aromatic carbocycles. The van der Waals surface area contributed by atoms with Gasteiger partial charge < -0.3 is 16.0 Å². The number of halogens is 5. The second kappa shape index (κ2) is 11.7. The van der Waals surface area contributed by atoms with Crippen molar-refractivity contribution in [3.8, 4) is 11.1 Å². The molecule has 0 aliphatic heterocycles. The summed E-state index contributed by atoms with van der Waals surface area (Å²) in [4.78, 5) is 21.6. The van der Waals surface area contributed by atoms with Crippen molar-refractivity contribution in [3.05, 3.63) is 84.1 Å². The molecule has 1 heterocycles. The topological polar surface area (TPSA) is 96.0 Å². The Labute approximate surface area is 236 Å². The van der Waals surface area contributed by atoms with E-state index in [0.717, 1.165) is 6.07 Å². The highest BCUT2D eigenvalue weighted by molar-refractivity contribution is 7.99. The predicted molar refractivity (Wildman–Crippen MR) is 152 cm³/mol. The van der Waals surface area contributed by atoms with Gasteiger partial charge in [-0.05, 0) is 75.7 Å². The molecule has 0 aliphatic carbocycles. The fourth-order valence-electron chi connectivity index (χ4n) is 3.61. The van der Waals surface area contributed by atoms with Crippen LogP contribution < -0.4 is 16.0 Å². The Morgan fingerprint density at radius 2 is 1.71 bits per heavy atom. The van der Waals surface area contributed by atoms with Crippen molar-refractivity contribution in [3.63, 3.8) is 0 Å². The number of nitrogens with zero attached hydrogens (tertiary/aromatic N) is 2. The number of carbonyl (C=O) groups excluding carboxylic acids is 1. The Morgan fingerprint density at radius 3 is 2.37 bits per heavy atom. The Morgan fingerprint density at radius 1 is 0.976 bits per heavy atom. The van der Waals surface area contributed by atoms with Gasteiger partial charge in [-0.3, -0.25) is 4.21 Å². The summed E-state index contributed by atoms with van der Waals surface area (Å²) in [7, 11) is -2.42. The van der Waals surface area contributed by atoms with Gasteiger partial charge in [0.05, 0.1) is 16.9 Å². The van der Waals surface area contributed by atoms with Crippen LogP contribution in [0.3, 0.4) is 0 Å². The number of hydrogen-bond acceptors (Lipinski definition) is 6. The minimum Gasteiger partial charge on any atom is -0.324 e. The number of rotatable bonds is 7. The maximum Gasteiger partial charge on any atom is 0.416 e. The van der Waals surface area contributed by atoms with Gasteiger partial charge in [-0.15, -0.1) is 11.8 Å². The highest BCUT2D eigenvalue weighted by Gasteiger charge is 2.31. The van der Waals surface area contributed by atoms with Gasteiger partial charge in [0.25, 0.3) is 0 Å². The molecular weight excluding hydrogens is 585 g/mol. The van der Waals surface area contributed by atoms with E-state index in [1.165, 1.54) is 36.3 Å². The van der Waals surface area contributed by atoms with Crippen molar-refractivity contribution < 1.29 is 31.0 Å². The first kappa shape index (κ1) is 29.8. The van der Waals surface area contributed by atoms with Crippen LogP contribution in [0.25, 0.3) is 11.1 Å². The third-order valence-corrected chi connectivity index (χ3v) is 7.56. The molecule has 41 heavy (non-hydrogen) atoms. The molecule has 1 aromatic heterocycles. The Balaban J connectivity index is 1.51. The van der Waals surface area contributed by atoms with Crippen LogP contribution in [0.15, 0.2) is 76.8 Å². The fraction of sp³-hybridized carbons (Fsp3) is 0.111. The molecule has 214 valence electrons. The second-order valence-electron chi connectivity index (χ2n) is 8.74. The van der Waals surface area contributed by atoms with E-state index in [4.69, 9.17) is 0 Å². The number of alkyl halides is 3. The molecule has 3 N–H and O–H groups in total.